The van der Waals surface area contributed by atoms with Crippen LogP contribution in [0.5, 0.6) is 0 Å². The highest BCUT2D eigenvalue weighted by atomic mass is 16.3. The monoisotopic (exact) mass is 156 g/mol. The van der Waals surface area contributed by atoms with Crippen molar-refractivity contribution in [3.8, 4) is 6.07 Å². The maximum absolute atomic E-state index is 9.09. The third-order valence-electron chi connectivity index (χ3n) is 1.49. The van der Waals surface area contributed by atoms with Crippen molar-refractivity contribution in [1.82, 2.24) is 5.32 Å². The summed E-state index contributed by atoms with van der Waals surface area (Å²) in [5.41, 5.74) is 0. The highest BCUT2D eigenvalue weighted by Crippen LogP contribution is 1.87. The number of hydrogen-bond acceptors (Lipinski definition) is 3. The summed E-state index contributed by atoms with van der Waals surface area (Å²) >= 11 is 0. The minimum Gasteiger partial charge on any atom is -0.392 e. The number of nitrogens with one attached hydrogen (secondary N) is 1. The van der Waals surface area contributed by atoms with Crippen molar-refractivity contribution in [2.45, 2.75) is 32.3 Å². The largest absolute Gasteiger partial charge is 0.392 e. The topological polar surface area (TPSA) is 56.0 Å². The van der Waals surface area contributed by atoms with Gasteiger partial charge in [0.05, 0.1) is 12.2 Å². The summed E-state index contributed by atoms with van der Waals surface area (Å²) in [6.07, 6.45) is 2.00. The SMILES string of the molecule is CCC(O)CNCCCC#N. The first-order valence-electron chi connectivity index (χ1n) is 4.07. The summed E-state index contributed by atoms with van der Waals surface area (Å²) in [5.74, 6) is 0. The first-order chi connectivity index (χ1) is 5.31. The van der Waals surface area contributed by atoms with E-state index in [4.69, 9.17) is 10.4 Å². The molecule has 0 heterocycles. The average molecular weight is 156 g/mol. The van der Waals surface area contributed by atoms with Gasteiger partial charge in [0, 0.05) is 13.0 Å². The lowest BCUT2D eigenvalue weighted by Crippen LogP contribution is -2.26. The molecule has 0 fully saturated rings. The van der Waals surface area contributed by atoms with Crippen molar-refractivity contribution < 1.29 is 5.11 Å². The van der Waals surface area contributed by atoms with Crippen LogP contribution in [0.4, 0.5) is 0 Å². The highest BCUT2D eigenvalue weighted by Gasteiger charge is 1.97. The number of aliphatic hydroxyl groups excluding tert-OH is 1. The van der Waals surface area contributed by atoms with E-state index in [1.54, 1.807) is 0 Å². The van der Waals surface area contributed by atoms with Crippen LogP contribution in [0.3, 0.4) is 0 Å². The lowest BCUT2D eigenvalue weighted by molar-refractivity contribution is 0.167. The lowest BCUT2D eigenvalue weighted by atomic mass is 10.2. The van der Waals surface area contributed by atoms with Crippen molar-refractivity contribution >= 4 is 0 Å². The first kappa shape index (κ1) is 10.4. The summed E-state index contributed by atoms with van der Waals surface area (Å²) in [6, 6.07) is 2.07. The number of nitriles is 1. The molecule has 3 nitrogen and oxygen atoms in total. The molecular formula is C8H16N2O. The fraction of sp³-hybridized carbons (Fsp3) is 0.875. The Morgan fingerprint density at radius 2 is 2.36 bits per heavy atom. The smallest absolute Gasteiger partial charge is 0.0662 e. The molecule has 3 heteroatoms. The van der Waals surface area contributed by atoms with Gasteiger partial charge in [0.1, 0.15) is 0 Å². The number of aliphatic hydroxyl groups is 1. The average Bonchev–Trinajstić information content (AvgIpc) is 2.04. The Balaban J connectivity index is 2.97. The van der Waals surface area contributed by atoms with E-state index in [9.17, 15) is 0 Å². The first-order valence-corrected chi connectivity index (χ1v) is 4.07. The van der Waals surface area contributed by atoms with Gasteiger partial charge in [-0.05, 0) is 19.4 Å². The second kappa shape index (κ2) is 7.52. The minimum absolute atomic E-state index is 0.239. The van der Waals surface area contributed by atoms with E-state index in [0.29, 0.717) is 13.0 Å². The normalized spacial score (nSPS) is 12.5. The molecule has 2 N–H and O–H groups in total. The van der Waals surface area contributed by atoms with Gasteiger partial charge in [-0.2, -0.15) is 5.26 Å². The van der Waals surface area contributed by atoms with Crippen LogP contribution in [0.1, 0.15) is 26.2 Å². The van der Waals surface area contributed by atoms with Gasteiger partial charge in [-0.1, -0.05) is 6.92 Å². The van der Waals surface area contributed by atoms with Crippen LogP contribution in [-0.2, 0) is 0 Å². The van der Waals surface area contributed by atoms with E-state index in [1.807, 2.05) is 6.92 Å². The predicted molar refractivity (Wildman–Crippen MR) is 44.0 cm³/mol. The molecule has 0 rings (SSSR count). The second-order valence-corrected chi connectivity index (χ2v) is 2.53. The number of hydrogen-bond donors (Lipinski definition) is 2. The standard InChI is InChI=1S/C8H16N2O/c1-2-8(11)7-10-6-4-3-5-9/h8,10-11H,2-4,6-7H2,1H3. The van der Waals surface area contributed by atoms with Crippen LogP contribution in [0, 0.1) is 11.3 Å². The van der Waals surface area contributed by atoms with Crippen LogP contribution in [0.15, 0.2) is 0 Å². The summed E-state index contributed by atoms with van der Waals surface area (Å²) in [5, 5.41) is 20.4. The molecular weight excluding hydrogens is 140 g/mol. The molecule has 11 heavy (non-hydrogen) atoms. The summed E-state index contributed by atoms with van der Waals surface area (Å²) < 4.78 is 0. The van der Waals surface area contributed by atoms with Crippen molar-refractivity contribution in [2.24, 2.45) is 0 Å². The minimum atomic E-state index is -0.239. The Bertz CT molecular complexity index is 120. The Kier molecular flexibility index (Phi) is 7.11. The zero-order valence-electron chi connectivity index (χ0n) is 7.01. The van der Waals surface area contributed by atoms with Gasteiger partial charge < -0.3 is 10.4 Å². The van der Waals surface area contributed by atoms with Gasteiger partial charge in [0.25, 0.3) is 0 Å². The Morgan fingerprint density at radius 1 is 1.64 bits per heavy atom. The molecule has 1 unspecified atom stereocenters. The molecule has 0 spiro atoms. The van der Waals surface area contributed by atoms with Crippen molar-refractivity contribution in [3.05, 3.63) is 0 Å². The van der Waals surface area contributed by atoms with E-state index in [2.05, 4.69) is 11.4 Å². The molecule has 1 atom stereocenters. The third kappa shape index (κ3) is 7.31. The van der Waals surface area contributed by atoms with Crippen LogP contribution < -0.4 is 5.32 Å². The van der Waals surface area contributed by atoms with Gasteiger partial charge in [0.15, 0.2) is 0 Å². The van der Waals surface area contributed by atoms with E-state index in [-0.39, 0.29) is 6.10 Å². The molecule has 0 aliphatic carbocycles. The predicted octanol–water partition coefficient (Wildman–Crippen LogP) is 0.651. The van der Waals surface area contributed by atoms with Gasteiger partial charge in [-0.25, -0.2) is 0 Å². The van der Waals surface area contributed by atoms with Crippen molar-refractivity contribution in [2.75, 3.05) is 13.1 Å². The molecule has 0 saturated heterocycles. The fourth-order valence-electron chi connectivity index (χ4n) is 0.705. The fourth-order valence-corrected chi connectivity index (χ4v) is 0.705. The van der Waals surface area contributed by atoms with Crippen LogP contribution >= 0.6 is 0 Å². The van der Waals surface area contributed by atoms with Crippen LogP contribution in [0.2, 0.25) is 0 Å². The summed E-state index contributed by atoms with van der Waals surface area (Å²) in [6.45, 7) is 3.41. The molecule has 0 aromatic heterocycles. The van der Waals surface area contributed by atoms with Crippen LogP contribution in [0.25, 0.3) is 0 Å². The van der Waals surface area contributed by atoms with E-state index >= 15 is 0 Å². The Labute approximate surface area is 68.0 Å². The second-order valence-electron chi connectivity index (χ2n) is 2.53. The van der Waals surface area contributed by atoms with Crippen molar-refractivity contribution in [1.29, 1.82) is 5.26 Å². The third-order valence-corrected chi connectivity index (χ3v) is 1.49. The molecule has 0 aliphatic rings. The van der Waals surface area contributed by atoms with Gasteiger partial charge in [-0.15, -0.1) is 0 Å². The maximum Gasteiger partial charge on any atom is 0.0662 e. The Morgan fingerprint density at radius 3 is 2.91 bits per heavy atom. The number of rotatable bonds is 6. The molecule has 0 saturated carbocycles. The zero-order chi connectivity index (χ0) is 8.53. The van der Waals surface area contributed by atoms with E-state index in [0.717, 1.165) is 19.4 Å². The number of nitrogens with zero attached hydrogens (tertiary/aromatic N) is 1. The Hall–Kier alpha value is -0.590. The molecule has 0 aliphatic heterocycles. The van der Waals surface area contributed by atoms with Crippen molar-refractivity contribution in [3.63, 3.8) is 0 Å². The van der Waals surface area contributed by atoms with E-state index in [1.165, 1.54) is 0 Å². The number of unbranched alkanes of at least 4 members (excludes halogenated alkanes) is 1. The summed E-state index contributed by atoms with van der Waals surface area (Å²) in [4.78, 5) is 0. The summed E-state index contributed by atoms with van der Waals surface area (Å²) in [7, 11) is 0. The maximum atomic E-state index is 9.09. The van der Waals surface area contributed by atoms with Gasteiger partial charge in [0.2, 0.25) is 0 Å². The highest BCUT2D eigenvalue weighted by molar-refractivity contribution is 4.69. The lowest BCUT2D eigenvalue weighted by Gasteiger charge is -2.07. The van der Waals surface area contributed by atoms with Crippen LogP contribution in [-0.4, -0.2) is 24.3 Å². The molecule has 0 aromatic rings. The molecule has 0 bridgehead atoms. The molecule has 64 valence electrons. The van der Waals surface area contributed by atoms with Gasteiger partial charge >= 0.3 is 0 Å². The van der Waals surface area contributed by atoms with E-state index < -0.39 is 0 Å². The quantitative estimate of drug-likeness (QED) is 0.555. The van der Waals surface area contributed by atoms with Gasteiger partial charge in [-0.3, -0.25) is 0 Å². The molecule has 0 aromatic carbocycles. The zero-order valence-corrected chi connectivity index (χ0v) is 7.01. The molecule has 0 radical (unpaired) electrons. The molecule has 0 amide bonds.